The highest BCUT2D eigenvalue weighted by Crippen LogP contribution is 2.22. The van der Waals surface area contributed by atoms with Crippen LogP contribution in [-0.4, -0.2) is 36.2 Å². The number of carbonyl (C=O) groups excluding carboxylic acids is 1. The quantitative estimate of drug-likeness (QED) is 0.620. The molecule has 1 N–H and O–H groups in total. The fourth-order valence-electron chi connectivity index (χ4n) is 3.66. The topological polar surface area (TPSA) is 32.3 Å². The van der Waals surface area contributed by atoms with Gasteiger partial charge in [0.15, 0.2) is 0 Å². The van der Waals surface area contributed by atoms with Crippen LogP contribution in [0.5, 0.6) is 0 Å². The van der Waals surface area contributed by atoms with E-state index in [-0.39, 0.29) is 11.8 Å². The average Bonchev–Trinajstić information content (AvgIpc) is 2.70. The van der Waals surface area contributed by atoms with E-state index in [1.165, 1.54) is 11.1 Å². The Morgan fingerprint density at radius 3 is 2.93 bits per heavy atom. The van der Waals surface area contributed by atoms with E-state index >= 15 is 0 Å². The molecule has 1 saturated heterocycles. The van der Waals surface area contributed by atoms with E-state index in [1.807, 2.05) is 30.0 Å². The van der Waals surface area contributed by atoms with E-state index in [0.29, 0.717) is 0 Å². The summed E-state index contributed by atoms with van der Waals surface area (Å²) in [5, 5.41) is 3.94. The maximum absolute atomic E-state index is 12.6. The molecule has 1 aliphatic rings. The highest BCUT2D eigenvalue weighted by Gasteiger charge is 2.25. The molecule has 0 spiro atoms. The van der Waals surface area contributed by atoms with Crippen molar-refractivity contribution in [3.63, 3.8) is 0 Å². The van der Waals surface area contributed by atoms with Crippen molar-refractivity contribution in [1.82, 2.24) is 10.2 Å². The molecule has 2 aromatic rings. The Bertz CT molecular complexity index is 783. The SMILES string of the molecule is Cc1cccc(CSCCNC(=O)[C@@H]2CCCN(Cc3ccccc3Cl)C2)c1. The molecule has 28 heavy (non-hydrogen) atoms. The Balaban J connectivity index is 1.37. The van der Waals surface area contributed by atoms with E-state index in [9.17, 15) is 4.79 Å². The molecule has 1 atom stereocenters. The monoisotopic (exact) mass is 416 g/mol. The number of carbonyl (C=O) groups is 1. The standard InChI is InChI=1S/C23H29ClN2OS/c1-18-6-4-7-19(14-18)17-28-13-11-25-23(27)21-9-5-12-26(16-21)15-20-8-2-3-10-22(20)24/h2-4,6-8,10,14,21H,5,9,11-13,15-17H2,1H3,(H,25,27)/t21-/m1/s1. The smallest absolute Gasteiger partial charge is 0.224 e. The van der Waals surface area contributed by atoms with Gasteiger partial charge in [-0.05, 0) is 43.5 Å². The van der Waals surface area contributed by atoms with E-state index in [1.54, 1.807) is 0 Å². The Morgan fingerprint density at radius 1 is 1.25 bits per heavy atom. The number of rotatable bonds is 8. The van der Waals surface area contributed by atoms with Gasteiger partial charge >= 0.3 is 0 Å². The van der Waals surface area contributed by atoms with Crippen molar-refractivity contribution >= 4 is 29.3 Å². The second kappa shape index (κ2) is 10.9. The summed E-state index contributed by atoms with van der Waals surface area (Å²) in [5.74, 6) is 2.21. The minimum Gasteiger partial charge on any atom is -0.355 e. The van der Waals surface area contributed by atoms with Crippen molar-refractivity contribution < 1.29 is 4.79 Å². The summed E-state index contributed by atoms with van der Waals surface area (Å²) in [6, 6.07) is 16.6. The Hall–Kier alpha value is -1.49. The van der Waals surface area contributed by atoms with Gasteiger partial charge in [-0.2, -0.15) is 11.8 Å². The summed E-state index contributed by atoms with van der Waals surface area (Å²) < 4.78 is 0. The molecule has 1 heterocycles. The highest BCUT2D eigenvalue weighted by molar-refractivity contribution is 7.98. The number of nitrogens with zero attached hydrogens (tertiary/aromatic N) is 1. The highest BCUT2D eigenvalue weighted by atomic mass is 35.5. The molecule has 1 fully saturated rings. The number of likely N-dealkylation sites (tertiary alicyclic amines) is 1. The molecule has 0 unspecified atom stereocenters. The predicted octanol–water partition coefficient (Wildman–Crippen LogP) is 4.91. The maximum atomic E-state index is 12.6. The van der Waals surface area contributed by atoms with Crippen LogP contribution in [0.25, 0.3) is 0 Å². The number of hydrogen-bond acceptors (Lipinski definition) is 3. The van der Waals surface area contributed by atoms with Crippen molar-refractivity contribution in [2.75, 3.05) is 25.4 Å². The van der Waals surface area contributed by atoms with Crippen molar-refractivity contribution in [3.8, 4) is 0 Å². The van der Waals surface area contributed by atoms with Crippen LogP contribution in [0.1, 0.15) is 29.5 Å². The normalized spacial score (nSPS) is 17.4. The van der Waals surface area contributed by atoms with Gasteiger partial charge in [-0.3, -0.25) is 9.69 Å². The summed E-state index contributed by atoms with van der Waals surface area (Å²) in [4.78, 5) is 14.9. The molecule has 3 rings (SSSR count). The molecule has 3 nitrogen and oxygen atoms in total. The average molecular weight is 417 g/mol. The molecule has 0 bridgehead atoms. The Kier molecular flexibility index (Phi) is 8.26. The fourth-order valence-corrected chi connectivity index (χ4v) is 4.66. The molecule has 0 saturated carbocycles. The zero-order chi connectivity index (χ0) is 19.8. The van der Waals surface area contributed by atoms with Crippen LogP contribution >= 0.6 is 23.4 Å². The number of nitrogens with one attached hydrogen (secondary N) is 1. The number of amides is 1. The molecule has 150 valence electrons. The van der Waals surface area contributed by atoms with Crippen LogP contribution < -0.4 is 5.32 Å². The molecular weight excluding hydrogens is 388 g/mol. The molecule has 5 heteroatoms. The Labute approximate surface area is 177 Å². The Morgan fingerprint density at radius 2 is 2.11 bits per heavy atom. The minimum atomic E-state index is 0.0815. The van der Waals surface area contributed by atoms with Crippen LogP contribution in [0.3, 0.4) is 0 Å². The first kappa shape index (κ1) is 21.2. The van der Waals surface area contributed by atoms with Gasteiger partial charge in [0.05, 0.1) is 5.92 Å². The van der Waals surface area contributed by atoms with E-state index in [2.05, 4.69) is 47.5 Å². The summed E-state index contributed by atoms with van der Waals surface area (Å²) >= 11 is 8.15. The van der Waals surface area contributed by atoms with Crippen LogP contribution in [-0.2, 0) is 17.1 Å². The van der Waals surface area contributed by atoms with Gasteiger partial charge < -0.3 is 5.32 Å². The molecule has 0 aromatic heterocycles. The van der Waals surface area contributed by atoms with Crippen LogP contribution in [0.15, 0.2) is 48.5 Å². The zero-order valence-corrected chi connectivity index (χ0v) is 18.1. The first-order valence-electron chi connectivity index (χ1n) is 9.98. The summed E-state index contributed by atoms with van der Waals surface area (Å²) in [6.45, 7) is 5.51. The second-order valence-electron chi connectivity index (χ2n) is 7.50. The van der Waals surface area contributed by atoms with Crippen molar-refractivity contribution in [3.05, 3.63) is 70.2 Å². The van der Waals surface area contributed by atoms with Crippen molar-refractivity contribution in [2.24, 2.45) is 5.92 Å². The number of thioether (sulfide) groups is 1. The second-order valence-corrected chi connectivity index (χ2v) is 9.01. The van der Waals surface area contributed by atoms with E-state index in [4.69, 9.17) is 11.6 Å². The molecular formula is C23H29ClN2OS. The lowest BCUT2D eigenvalue weighted by Crippen LogP contribution is -2.43. The predicted molar refractivity (Wildman–Crippen MR) is 120 cm³/mol. The largest absolute Gasteiger partial charge is 0.355 e. The number of benzene rings is 2. The third-order valence-corrected chi connectivity index (χ3v) is 6.52. The van der Waals surface area contributed by atoms with Gasteiger partial charge in [0, 0.05) is 36.2 Å². The molecule has 0 radical (unpaired) electrons. The summed E-state index contributed by atoms with van der Waals surface area (Å²) in [6.07, 6.45) is 2.03. The fraction of sp³-hybridized carbons (Fsp3) is 0.435. The molecule has 2 aromatic carbocycles. The van der Waals surface area contributed by atoms with Crippen molar-refractivity contribution in [1.29, 1.82) is 0 Å². The first-order valence-corrected chi connectivity index (χ1v) is 11.5. The van der Waals surface area contributed by atoms with Crippen molar-refractivity contribution in [2.45, 2.75) is 32.1 Å². The van der Waals surface area contributed by atoms with Crippen LogP contribution in [0, 0.1) is 12.8 Å². The number of hydrogen-bond donors (Lipinski definition) is 1. The van der Waals surface area contributed by atoms with Gasteiger partial charge in [-0.15, -0.1) is 0 Å². The lowest BCUT2D eigenvalue weighted by atomic mass is 9.96. The van der Waals surface area contributed by atoms with Gasteiger partial charge in [-0.25, -0.2) is 0 Å². The van der Waals surface area contributed by atoms with Gasteiger partial charge in [0.1, 0.15) is 0 Å². The lowest BCUT2D eigenvalue weighted by Gasteiger charge is -2.32. The van der Waals surface area contributed by atoms with Gasteiger partial charge in [0.2, 0.25) is 5.91 Å². The van der Waals surface area contributed by atoms with Crippen LogP contribution in [0.2, 0.25) is 5.02 Å². The van der Waals surface area contributed by atoms with E-state index < -0.39 is 0 Å². The number of aryl methyl sites for hydroxylation is 1. The zero-order valence-electron chi connectivity index (χ0n) is 16.5. The number of piperidine rings is 1. The molecule has 0 aliphatic carbocycles. The third-order valence-electron chi connectivity index (χ3n) is 5.12. The molecule has 1 aliphatic heterocycles. The van der Waals surface area contributed by atoms with Gasteiger partial charge in [0.25, 0.3) is 0 Å². The van der Waals surface area contributed by atoms with Gasteiger partial charge in [-0.1, -0.05) is 59.6 Å². The lowest BCUT2D eigenvalue weighted by molar-refractivity contribution is -0.126. The molecule has 1 amide bonds. The first-order chi connectivity index (χ1) is 13.6. The van der Waals surface area contributed by atoms with E-state index in [0.717, 1.165) is 61.1 Å². The summed E-state index contributed by atoms with van der Waals surface area (Å²) in [5.41, 5.74) is 3.78. The number of halogens is 1. The summed E-state index contributed by atoms with van der Waals surface area (Å²) in [7, 11) is 0. The minimum absolute atomic E-state index is 0.0815. The van der Waals surface area contributed by atoms with Crippen LogP contribution in [0.4, 0.5) is 0 Å². The maximum Gasteiger partial charge on any atom is 0.224 e. The third kappa shape index (κ3) is 6.54.